The van der Waals surface area contributed by atoms with Crippen molar-refractivity contribution in [3.8, 4) is 0 Å². The first-order chi connectivity index (χ1) is 4.09. The van der Waals surface area contributed by atoms with Gasteiger partial charge in [0.15, 0.2) is 0 Å². The topological polar surface area (TPSA) is 72.3 Å². The van der Waals surface area contributed by atoms with Crippen molar-refractivity contribution in [3.05, 3.63) is 12.2 Å². The van der Waals surface area contributed by atoms with Crippen LogP contribution in [0.25, 0.3) is 0 Å². The highest BCUT2D eigenvalue weighted by molar-refractivity contribution is 5.04. The minimum atomic E-state index is -0.373. The molecule has 0 aromatic rings. The van der Waals surface area contributed by atoms with Crippen LogP contribution >= 0.6 is 0 Å². The summed E-state index contributed by atoms with van der Waals surface area (Å²) in [5.74, 6) is 0. The summed E-state index contributed by atoms with van der Waals surface area (Å²) in [7, 11) is 0. The van der Waals surface area contributed by atoms with E-state index in [9.17, 15) is 0 Å². The van der Waals surface area contributed by atoms with Gasteiger partial charge in [-0.1, -0.05) is 12.2 Å². The zero-order valence-electron chi connectivity index (χ0n) is 5.67. The van der Waals surface area contributed by atoms with E-state index >= 15 is 0 Å². The molecule has 0 saturated carbocycles. The third kappa shape index (κ3) is 2.60. The van der Waals surface area contributed by atoms with Crippen molar-refractivity contribution in [2.24, 2.45) is 11.5 Å². The smallest absolute Gasteiger partial charge is 0.0601 e. The molecule has 9 heavy (non-hydrogen) atoms. The Morgan fingerprint density at radius 2 is 2.11 bits per heavy atom. The minimum absolute atomic E-state index is 0.0893. The summed E-state index contributed by atoms with van der Waals surface area (Å²) in [5, 5.41) is 8.51. The van der Waals surface area contributed by atoms with Crippen LogP contribution < -0.4 is 11.5 Å². The number of aliphatic hydroxyl groups excluding tert-OH is 1. The molecule has 3 nitrogen and oxygen atoms in total. The third-order valence-electron chi connectivity index (χ3n) is 1.24. The maximum absolute atomic E-state index is 8.51. The highest BCUT2D eigenvalue weighted by atomic mass is 16.3. The van der Waals surface area contributed by atoms with Crippen LogP contribution in [0.1, 0.15) is 6.92 Å². The van der Waals surface area contributed by atoms with E-state index in [4.69, 9.17) is 16.6 Å². The molecule has 2 unspecified atom stereocenters. The molecule has 0 bridgehead atoms. The number of aliphatic hydroxyl groups is 1. The number of nitrogens with two attached hydrogens (primary N) is 2. The van der Waals surface area contributed by atoms with Crippen LogP contribution in [0.15, 0.2) is 12.2 Å². The van der Waals surface area contributed by atoms with E-state index in [0.29, 0.717) is 0 Å². The Hall–Kier alpha value is -0.380. The summed E-state index contributed by atoms with van der Waals surface area (Å²) in [6.45, 7) is 5.31. The van der Waals surface area contributed by atoms with Gasteiger partial charge in [-0.15, -0.1) is 0 Å². The van der Waals surface area contributed by atoms with E-state index in [1.54, 1.807) is 6.92 Å². The quantitative estimate of drug-likeness (QED) is 0.438. The van der Waals surface area contributed by atoms with Crippen molar-refractivity contribution >= 4 is 0 Å². The Balaban J connectivity index is 3.72. The summed E-state index contributed by atoms with van der Waals surface area (Å²) in [4.78, 5) is 0. The molecule has 2 atom stereocenters. The molecule has 0 aromatic carbocycles. The fourth-order valence-electron chi connectivity index (χ4n) is 0.479. The lowest BCUT2D eigenvalue weighted by Gasteiger charge is -2.16. The lowest BCUT2D eigenvalue weighted by atomic mass is 10.1. The summed E-state index contributed by atoms with van der Waals surface area (Å²) in [6.07, 6.45) is 0. The van der Waals surface area contributed by atoms with E-state index < -0.39 is 0 Å². The molecule has 0 heterocycles. The second-order valence-electron chi connectivity index (χ2n) is 2.22. The average Bonchev–Trinajstić information content (AvgIpc) is 1.84. The van der Waals surface area contributed by atoms with Crippen molar-refractivity contribution < 1.29 is 5.11 Å². The lowest BCUT2D eigenvalue weighted by molar-refractivity contribution is 0.256. The molecule has 0 saturated heterocycles. The summed E-state index contributed by atoms with van der Waals surface area (Å²) in [6, 6.07) is -0.655. The van der Waals surface area contributed by atoms with Crippen LogP contribution in [-0.4, -0.2) is 23.8 Å². The molecule has 54 valence electrons. The summed E-state index contributed by atoms with van der Waals surface area (Å²) < 4.78 is 0. The third-order valence-corrected chi connectivity index (χ3v) is 1.24. The maximum atomic E-state index is 8.51. The SMILES string of the molecule is C=C(C)C(N)C(N)CO. The molecular formula is C6H14N2O. The Bertz CT molecular complexity index is 103. The summed E-state index contributed by atoms with van der Waals surface area (Å²) >= 11 is 0. The fraction of sp³-hybridized carbons (Fsp3) is 0.667. The molecule has 0 aromatic heterocycles. The van der Waals surface area contributed by atoms with Gasteiger partial charge in [0.2, 0.25) is 0 Å². The minimum Gasteiger partial charge on any atom is -0.395 e. The maximum Gasteiger partial charge on any atom is 0.0601 e. The van der Waals surface area contributed by atoms with Crippen molar-refractivity contribution in [1.29, 1.82) is 0 Å². The van der Waals surface area contributed by atoms with E-state index in [1.165, 1.54) is 0 Å². The van der Waals surface area contributed by atoms with E-state index in [2.05, 4.69) is 6.58 Å². The van der Waals surface area contributed by atoms with Crippen LogP contribution in [0.4, 0.5) is 0 Å². The van der Waals surface area contributed by atoms with Gasteiger partial charge in [0.25, 0.3) is 0 Å². The molecule has 0 aliphatic heterocycles. The number of rotatable bonds is 3. The molecule has 0 rings (SSSR count). The molecule has 0 aliphatic rings. The van der Waals surface area contributed by atoms with Gasteiger partial charge in [-0.3, -0.25) is 0 Å². The van der Waals surface area contributed by atoms with Gasteiger partial charge < -0.3 is 16.6 Å². The first-order valence-electron chi connectivity index (χ1n) is 2.87. The molecule has 0 fully saturated rings. The molecular weight excluding hydrogens is 116 g/mol. The number of hydrogen-bond acceptors (Lipinski definition) is 3. The van der Waals surface area contributed by atoms with Gasteiger partial charge >= 0.3 is 0 Å². The van der Waals surface area contributed by atoms with Crippen LogP contribution in [0, 0.1) is 0 Å². The van der Waals surface area contributed by atoms with E-state index in [0.717, 1.165) is 5.57 Å². The lowest BCUT2D eigenvalue weighted by Crippen LogP contribution is -2.44. The molecule has 0 spiro atoms. The normalized spacial score (nSPS) is 16.9. The van der Waals surface area contributed by atoms with Gasteiger partial charge in [-0.25, -0.2) is 0 Å². The van der Waals surface area contributed by atoms with E-state index in [-0.39, 0.29) is 18.7 Å². The molecule has 0 aliphatic carbocycles. The Morgan fingerprint density at radius 3 is 2.22 bits per heavy atom. The molecule has 0 radical (unpaired) electrons. The Morgan fingerprint density at radius 1 is 1.67 bits per heavy atom. The summed E-state index contributed by atoms with van der Waals surface area (Å²) in [5.41, 5.74) is 11.7. The van der Waals surface area contributed by atoms with Crippen LogP contribution in [-0.2, 0) is 0 Å². The zero-order chi connectivity index (χ0) is 7.44. The Labute approximate surface area is 55.3 Å². The molecule has 5 N–H and O–H groups in total. The van der Waals surface area contributed by atoms with Crippen LogP contribution in [0.5, 0.6) is 0 Å². The van der Waals surface area contributed by atoms with Gasteiger partial charge in [0.1, 0.15) is 0 Å². The monoisotopic (exact) mass is 130 g/mol. The van der Waals surface area contributed by atoms with Crippen LogP contribution in [0.3, 0.4) is 0 Å². The second-order valence-corrected chi connectivity index (χ2v) is 2.22. The number of hydrogen-bond donors (Lipinski definition) is 3. The predicted molar refractivity (Wildman–Crippen MR) is 37.9 cm³/mol. The molecule has 0 amide bonds. The highest BCUT2D eigenvalue weighted by Crippen LogP contribution is 1.96. The standard InChI is InChI=1S/C6H14N2O/c1-4(2)6(8)5(7)3-9/h5-6,9H,1,3,7-8H2,2H3. The van der Waals surface area contributed by atoms with Crippen molar-refractivity contribution in [3.63, 3.8) is 0 Å². The first-order valence-corrected chi connectivity index (χ1v) is 2.87. The molecule has 3 heteroatoms. The van der Waals surface area contributed by atoms with Gasteiger partial charge in [-0.05, 0) is 6.92 Å². The van der Waals surface area contributed by atoms with Crippen molar-refractivity contribution in [1.82, 2.24) is 0 Å². The largest absolute Gasteiger partial charge is 0.395 e. The van der Waals surface area contributed by atoms with Gasteiger partial charge in [-0.2, -0.15) is 0 Å². The predicted octanol–water partition coefficient (Wildman–Crippen LogP) is -0.791. The first kappa shape index (κ1) is 8.62. The fourth-order valence-corrected chi connectivity index (χ4v) is 0.479. The Kier molecular flexibility index (Phi) is 3.46. The van der Waals surface area contributed by atoms with E-state index in [1.807, 2.05) is 0 Å². The van der Waals surface area contributed by atoms with Crippen molar-refractivity contribution in [2.75, 3.05) is 6.61 Å². The van der Waals surface area contributed by atoms with Crippen molar-refractivity contribution in [2.45, 2.75) is 19.0 Å². The average molecular weight is 130 g/mol. The zero-order valence-corrected chi connectivity index (χ0v) is 5.67. The highest BCUT2D eigenvalue weighted by Gasteiger charge is 2.11. The van der Waals surface area contributed by atoms with Gasteiger partial charge in [0, 0.05) is 12.1 Å². The second kappa shape index (κ2) is 3.61. The van der Waals surface area contributed by atoms with Crippen LogP contribution in [0.2, 0.25) is 0 Å². The van der Waals surface area contributed by atoms with Gasteiger partial charge in [0.05, 0.1) is 6.61 Å².